The number of hydrogen-bond donors (Lipinski definition) is 0. The van der Waals surface area contributed by atoms with Crippen molar-refractivity contribution < 1.29 is 13.2 Å². The van der Waals surface area contributed by atoms with Crippen molar-refractivity contribution >= 4 is 26.7 Å². The lowest BCUT2D eigenvalue weighted by Crippen LogP contribution is -1.95. The average Bonchev–Trinajstić information content (AvgIpc) is 2.47. The summed E-state index contributed by atoms with van der Waals surface area (Å²) in [5.41, 5.74) is 1.27. The Labute approximate surface area is 127 Å². The standard InChI is InChI=1S/C16H9BrF3N/c17-13-3-2-10-7-11(21-8-12(10)16(13)20)5-9-1-4-14(18)15(19)6-9/h1-4,6-8H,5H2. The zero-order valence-corrected chi connectivity index (χ0v) is 12.3. The molecule has 0 saturated heterocycles. The van der Waals surface area contributed by atoms with Crippen molar-refractivity contribution in [2.24, 2.45) is 0 Å². The minimum absolute atomic E-state index is 0.352. The van der Waals surface area contributed by atoms with Crippen LogP contribution in [-0.4, -0.2) is 4.98 Å². The summed E-state index contributed by atoms with van der Waals surface area (Å²) < 4.78 is 40.3. The van der Waals surface area contributed by atoms with Crippen LogP contribution in [0.1, 0.15) is 11.3 Å². The maximum absolute atomic E-state index is 13.9. The van der Waals surface area contributed by atoms with Crippen molar-refractivity contribution in [1.29, 1.82) is 0 Å². The number of pyridine rings is 1. The number of aromatic nitrogens is 1. The Morgan fingerprint density at radius 3 is 2.52 bits per heavy atom. The Balaban J connectivity index is 1.98. The summed E-state index contributed by atoms with van der Waals surface area (Å²) in [6, 6.07) is 8.88. The zero-order valence-electron chi connectivity index (χ0n) is 10.7. The molecule has 1 heterocycles. The smallest absolute Gasteiger partial charge is 0.159 e. The van der Waals surface area contributed by atoms with Crippen molar-refractivity contribution in [1.82, 2.24) is 4.98 Å². The zero-order chi connectivity index (χ0) is 15.0. The van der Waals surface area contributed by atoms with E-state index in [1.165, 1.54) is 12.3 Å². The second-order valence-corrected chi connectivity index (χ2v) is 5.54. The molecule has 0 bridgehead atoms. The molecule has 5 heteroatoms. The Bertz CT molecular complexity index is 833. The van der Waals surface area contributed by atoms with Crippen molar-refractivity contribution in [2.75, 3.05) is 0 Å². The normalized spacial score (nSPS) is 11.0. The summed E-state index contributed by atoms with van der Waals surface area (Å²) in [5, 5.41) is 1.13. The van der Waals surface area contributed by atoms with Crippen molar-refractivity contribution in [3.63, 3.8) is 0 Å². The number of halogens is 4. The van der Waals surface area contributed by atoms with Gasteiger partial charge in [0.05, 0.1) is 4.47 Å². The van der Waals surface area contributed by atoms with Gasteiger partial charge in [-0.25, -0.2) is 13.2 Å². The van der Waals surface area contributed by atoms with Crippen LogP contribution in [0.3, 0.4) is 0 Å². The van der Waals surface area contributed by atoms with Gasteiger partial charge in [0, 0.05) is 23.7 Å². The first-order chi connectivity index (χ1) is 10.0. The van der Waals surface area contributed by atoms with Crippen LogP contribution in [0, 0.1) is 17.5 Å². The minimum atomic E-state index is -0.886. The average molecular weight is 352 g/mol. The van der Waals surface area contributed by atoms with Crippen molar-refractivity contribution in [2.45, 2.75) is 6.42 Å². The van der Waals surface area contributed by atoms with Crippen LogP contribution in [0.15, 0.2) is 47.1 Å². The second-order valence-electron chi connectivity index (χ2n) is 4.68. The summed E-state index contributed by atoms with van der Waals surface area (Å²) >= 11 is 3.12. The molecule has 3 rings (SSSR count). The SMILES string of the molecule is Fc1ccc(Cc2cc3ccc(Br)c(F)c3cn2)cc1F. The van der Waals surface area contributed by atoms with Crippen LogP contribution < -0.4 is 0 Å². The fourth-order valence-corrected chi connectivity index (χ4v) is 2.50. The summed E-state index contributed by atoms with van der Waals surface area (Å²) in [6.07, 6.45) is 1.80. The fraction of sp³-hybridized carbons (Fsp3) is 0.0625. The van der Waals surface area contributed by atoms with E-state index in [-0.39, 0.29) is 5.82 Å². The lowest BCUT2D eigenvalue weighted by atomic mass is 10.1. The number of hydrogen-bond acceptors (Lipinski definition) is 1. The molecule has 0 spiro atoms. The van der Waals surface area contributed by atoms with E-state index >= 15 is 0 Å². The van der Waals surface area contributed by atoms with E-state index in [0.29, 0.717) is 32.9 Å². The molecule has 0 atom stereocenters. The quantitative estimate of drug-likeness (QED) is 0.632. The fourth-order valence-electron chi connectivity index (χ4n) is 2.16. The topological polar surface area (TPSA) is 12.9 Å². The molecule has 0 radical (unpaired) electrons. The van der Waals surface area contributed by atoms with E-state index in [1.807, 2.05) is 0 Å². The van der Waals surface area contributed by atoms with Crippen LogP contribution in [0.5, 0.6) is 0 Å². The van der Waals surface area contributed by atoms with Gasteiger partial charge >= 0.3 is 0 Å². The number of fused-ring (bicyclic) bond motifs is 1. The Kier molecular flexibility index (Phi) is 3.68. The molecule has 0 unspecified atom stereocenters. The van der Waals surface area contributed by atoms with Crippen molar-refractivity contribution in [3.05, 3.63) is 75.8 Å². The highest BCUT2D eigenvalue weighted by molar-refractivity contribution is 9.10. The molecular weight excluding hydrogens is 343 g/mol. The largest absolute Gasteiger partial charge is 0.260 e. The van der Waals surface area contributed by atoms with Gasteiger partial charge in [-0.1, -0.05) is 12.1 Å². The summed E-state index contributed by atoms with van der Waals surface area (Å²) in [6.45, 7) is 0. The molecule has 0 fully saturated rings. The first-order valence-electron chi connectivity index (χ1n) is 6.21. The van der Waals surface area contributed by atoms with Gasteiger partial charge in [0.15, 0.2) is 11.6 Å². The molecule has 0 N–H and O–H groups in total. The van der Waals surface area contributed by atoms with Crippen LogP contribution in [-0.2, 0) is 6.42 Å². The Morgan fingerprint density at radius 1 is 0.952 bits per heavy atom. The van der Waals surface area contributed by atoms with Crippen LogP contribution >= 0.6 is 15.9 Å². The minimum Gasteiger partial charge on any atom is -0.260 e. The molecular formula is C16H9BrF3N. The second kappa shape index (κ2) is 5.48. The van der Waals surface area contributed by atoms with Gasteiger partial charge in [0.25, 0.3) is 0 Å². The van der Waals surface area contributed by atoms with E-state index < -0.39 is 11.6 Å². The molecule has 0 saturated carbocycles. The molecule has 106 valence electrons. The van der Waals surface area contributed by atoms with Gasteiger partial charge in [-0.15, -0.1) is 0 Å². The van der Waals surface area contributed by atoms with Crippen molar-refractivity contribution in [3.8, 4) is 0 Å². The molecule has 0 aliphatic carbocycles. The first-order valence-corrected chi connectivity index (χ1v) is 7.00. The predicted molar refractivity (Wildman–Crippen MR) is 78.6 cm³/mol. The Morgan fingerprint density at radius 2 is 1.76 bits per heavy atom. The molecule has 1 nitrogen and oxygen atoms in total. The molecule has 3 aromatic rings. The highest BCUT2D eigenvalue weighted by Gasteiger charge is 2.08. The summed E-state index contributed by atoms with van der Waals surface area (Å²) in [7, 11) is 0. The molecule has 1 aromatic heterocycles. The molecule has 0 amide bonds. The van der Waals surface area contributed by atoms with Crippen LogP contribution in [0.4, 0.5) is 13.2 Å². The van der Waals surface area contributed by atoms with Gasteiger partial charge in [0.2, 0.25) is 0 Å². The Hall–Kier alpha value is -1.88. The van der Waals surface area contributed by atoms with Crippen LogP contribution in [0.25, 0.3) is 10.8 Å². The van der Waals surface area contributed by atoms with Gasteiger partial charge in [0.1, 0.15) is 5.82 Å². The first kappa shape index (κ1) is 14.1. The third-order valence-corrected chi connectivity index (χ3v) is 3.83. The third-order valence-electron chi connectivity index (χ3n) is 3.22. The lowest BCUT2D eigenvalue weighted by Gasteiger charge is -2.05. The lowest BCUT2D eigenvalue weighted by molar-refractivity contribution is 0.507. The molecule has 2 aromatic carbocycles. The number of rotatable bonds is 2. The van der Waals surface area contributed by atoms with Gasteiger partial charge in [-0.05, 0) is 51.1 Å². The molecule has 21 heavy (non-hydrogen) atoms. The van der Waals surface area contributed by atoms with E-state index in [0.717, 1.165) is 12.1 Å². The maximum Gasteiger partial charge on any atom is 0.159 e. The molecule has 0 aliphatic heterocycles. The van der Waals surface area contributed by atoms with E-state index in [9.17, 15) is 13.2 Å². The summed E-state index contributed by atoms with van der Waals surface area (Å²) in [5.74, 6) is -2.13. The third kappa shape index (κ3) is 2.78. The van der Waals surface area contributed by atoms with E-state index in [4.69, 9.17) is 0 Å². The number of nitrogens with zero attached hydrogens (tertiary/aromatic N) is 1. The molecule has 0 aliphatic rings. The summed E-state index contributed by atoms with van der Waals surface area (Å²) in [4.78, 5) is 4.18. The van der Waals surface area contributed by atoms with E-state index in [2.05, 4.69) is 20.9 Å². The highest BCUT2D eigenvalue weighted by Crippen LogP contribution is 2.25. The predicted octanol–water partition coefficient (Wildman–Crippen LogP) is 5.01. The van der Waals surface area contributed by atoms with Crippen LogP contribution in [0.2, 0.25) is 0 Å². The maximum atomic E-state index is 13.9. The number of benzene rings is 2. The van der Waals surface area contributed by atoms with Gasteiger partial charge in [-0.3, -0.25) is 4.98 Å². The highest BCUT2D eigenvalue weighted by atomic mass is 79.9. The van der Waals surface area contributed by atoms with Gasteiger partial charge < -0.3 is 0 Å². The van der Waals surface area contributed by atoms with Gasteiger partial charge in [-0.2, -0.15) is 0 Å². The monoisotopic (exact) mass is 351 g/mol. The van der Waals surface area contributed by atoms with E-state index in [1.54, 1.807) is 18.2 Å².